The molecular weight excluding hydrogens is 194 g/mol. The molecule has 4 nitrogen and oxygen atoms in total. The average molecular weight is 203 g/mol. The van der Waals surface area contributed by atoms with Crippen LogP contribution in [0.25, 0.3) is 10.9 Å². The van der Waals surface area contributed by atoms with Crippen molar-refractivity contribution in [1.29, 1.82) is 0 Å². The van der Waals surface area contributed by atoms with Gasteiger partial charge in [-0.05, 0) is 12.1 Å². The fourth-order valence-electron chi connectivity index (χ4n) is 1.64. The Morgan fingerprint density at radius 2 is 2.20 bits per heavy atom. The van der Waals surface area contributed by atoms with Crippen molar-refractivity contribution in [3.8, 4) is 0 Å². The molecule has 1 heterocycles. The molecule has 0 amide bonds. The zero-order chi connectivity index (χ0) is 11.0. The summed E-state index contributed by atoms with van der Waals surface area (Å²) < 4.78 is 1.74. The Balaban J connectivity index is 2.77. The van der Waals surface area contributed by atoms with Gasteiger partial charge < -0.3 is 9.67 Å². The average Bonchev–Trinajstić information content (AvgIpc) is 2.55. The lowest BCUT2D eigenvalue weighted by atomic mass is 10.1. The van der Waals surface area contributed by atoms with Gasteiger partial charge in [-0.3, -0.25) is 4.79 Å². The molecule has 0 aliphatic rings. The van der Waals surface area contributed by atoms with E-state index in [1.165, 1.54) is 6.07 Å². The maximum absolute atomic E-state index is 10.8. The van der Waals surface area contributed by atoms with Crippen molar-refractivity contribution in [2.45, 2.75) is 0 Å². The molecule has 0 spiro atoms. The van der Waals surface area contributed by atoms with Crippen LogP contribution in [0.4, 0.5) is 0 Å². The SMILES string of the molecule is Cn1cc(C=O)c2ccc(C(=O)O)cc21. The number of aldehydes is 1. The summed E-state index contributed by atoms with van der Waals surface area (Å²) in [6, 6.07) is 4.71. The van der Waals surface area contributed by atoms with Crippen molar-refractivity contribution in [1.82, 2.24) is 4.57 Å². The second-order valence-corrected chi connectivity index (χ2v) is 3.35. The molecule has 1 N–H and O–H groups in total. The van der Waals surface area contributed by atoms with Gasteiger partial charge in [0.05, 0.1) is 5.56 Å². The summed E-state index contributed by atoms with van der Waals surface area (Å²) in [5.41, 5.74) is 1.54. The number of fused-ring (bicyclic) bond motifs is 1. The first-order chi connectivity index (χ1) is 7.13. The Hall–Kier alpha value is -2.10. The van der Waals surface area contributed by atoms with Crippen molar-refractivity contribution < 1.29 is 14.7 Å². The van der Waals surface area contributed by atoms with Crippen molar-refractivity contribution in [3.63, 3.8) is 0 Å². The molecule has 15 heavy (non-hydrogen) atoms. The van der Waals surface area contributed by atoms with Crippen molar-refractivity contribution in [3.05, 3.63) is 35.5 Å². The highest BCUT2D eigenvalue weighted by Crippen LogP contribution is 2.20. The molecule has 0 saturated carbocycles. The zero-order valence-corrected chi connectivity index (χ0v) is 8.10. The van der Waals surface area contributed by atoms with Crippen LogP contribution in [0, 0.1) is 0 Å². The minimum absolute atomic E-state index is 0.223. The Bertz CT molecular complexity index is 554. The van der Waals surface area contributed by atoms with Crippen LogP contribution in [0.1, 0.15) is 20.7 Å². The van der Waals surface area contributed by atoms with Gasteiger partial charge in [0.1, 0.15) is 0 Å². The molecule has 76 valence electrons. The molecule has 4 heteroatoms. The van der Waals surface area contributed by atoms with Crippen LogP contribution >= 0.6 is 0 Å². The van der Waals surface area contributed by atoms with Crippen LogP contribution in [-0.2, 0) is 7.05 Å². The molecule has 0 atom stereocenters. The van der Waals surface area contributed by atoms with E-state index in [4.69, 9.17) is 5.11 Å². The highest BCUT2D eigenvalue weighted by molar-refractivity contribution is 6.00. The molecule has 0 aliphatic heterocycles. The molecule has 0 bridgehead atoms. The minimum atomic E-state index is -0.967. The van der Waals surface area contributed by atoms with Gasteiger partial charge in [0, 0.05) is 29.7 Å². The smallest absolute Gasteiger partial charge is 0.335 e. The van der Waals surface area contributed by atoms with Gasteiger partial charge in [0.2, 0.25) is 0 Å². The zero-order valence-electron chi connectivity index (χ0n) is 8.10. The number of hydrogen-bond acceptors (Lipinski definition) is 2. The number of aryl methyl sites for hydroxylation is 1. The van der Waals surface area contributed by atoms with Crippen molar-refractivity contribution >= 4 is 23.2 Å². The number of carbonyl (C=O) groups is 2. The summed E-state index contributed by atoms with van der Waals surface area (Å²) in [4.78, 5) is 21.5. The lowest BCUT2D eigenvalue weighted by Crippen LogP contribution is -1.96. The van der Waals surface area contributed by atoms with Crippen molar-refractivity contribution in [2.24, 2.45) is 7.05 Å². The van der Waals surface area contributed by atoms with E-state index in [0.29, 0.717) is 5.56 Å². The van der Waals surface area contributed by atoms with E-state index in [-0.39, 0.29) is 5.56 Å². The van der Waals surface area contributed by atoms with Gasteiger partial charge in [-0.1, -0.05) is 6.07 Å². The highest BCUT2D eigenvalue weighted by Gasteiger charge is 2.09. The first-order valence-corrected chi connectivity index (χ1v) is 4.41. The van der Waals surface area contributed by atoms with Gasteiger partial charge in [-0.15, -0.1) is 0 Å². The van der Waals surface area contributed by atoms with Gasteiger partial charge in [-0.25, -0.2) is 4.79 Å². The van der Waals surface area contributed by atoms with E-state index in [1.807, 2.05) is 0 Å². The van der Waals surface area contributed by atoms with Gasteiger partial charge in [0.15, 0.2) is 6.29 Å². The third-order valence-electron chi connectivity index (χ3n) is 2.40. The number of carbonyl (C=O) groups excluding carboxylic acids is 1. The Morgan fingerprint density at radius 1 is 1.47 bits per heavy atom. The summed E-state index contributed by atoms with van der Waals surface area (Å²) in [5, 5.41) is 9.60. The fourth-order valence-corrected chi connectivity index (χ4v) is 1.64. The monoisotopic (exact) mass is 203 g/mol. The number of carboxylic acids is 1. The number of carboxylic acid groups (broad SMARTS) is 1. The molecular formula is C11H9NO3. The second-order valence-electron chi connectivity index (χ2n) is 3.35. The summed E-state index contributed by atoms with van der Waals surface area (Å²) >= 11 is 0. The van der Waals surface area contributed by atoms with E-state index >= 15 is 0 Å². The van der Waals surface area contributed by atoms with E-state index in [1.54, 1.807) is 29.9 Å². The number of rotatable bonds is 2. The normalized spacial score (nSPS) is 10.5. The summed E-state index contributed by atoms with van der Waals surface area (Å²) in [6.07, 6.45) is 2.45. The van der Waals surface area contributed by atoms with Gasteiger partial charge in [-0.2, -0.15) is 0 Å². The molecule has 0 saturated heterocycles. The third kappa shape index (κ3) is 1.40. The van der Waals surface area contributed by atoms with E-state index < -0.39 is 5.97 Å². The highest BCUT2D eigenvalue weighted by atomic mass is 16.4. The molecule has 2 aromatic rings. The molecule has 2 rings (SSSR count). The number of benzene rings is 1. The first kappa shape index (κ1) is 9.45. The molecule has 0 unspecified atom stereocenters. The molecule has 1 aromatic heterocycles. The number of hydrogen-bond donors (Lipinski definition) is 1. The number of aromatic nitrogens is 1. The largest absolute Gasteiger partial charge is 0.478 e. The summed E-state index contributed by atoms with van der Waals surface area (Å²) in [5.74, 6) is -0.967. The fraction of sp³-hybridized carbons (Fsp3) is 0.0909. The maximum Gasteiger partial charge on any atom is 0.335 e. The molecule has 0 radical (unpaired) electrons. The third-order valence-corrected chi connectivity index (χ3v) is 2.40. The second kappa shape index (κ2) is 3.24. The predicted molar refractivity (Wildman–Crippen MR) is 55.3 cm³/mol. The van der Waals surface area contributed by atoms with Crippen LogP contribution in [0.2, 0.25) is 0 Å². The van der Waals surface area contributed by atoms with Crippen LogP contribution in [0.15, 0.2) is 24.4 Å². The number of aromatic carboxylic acids is 1. The molecule has 1 aromatic carbocycles. The Labute approximate surface area is 85.7 Å². The van der Waals surface area contributed by atoms with Gasteiger partial charge in [0.25, 0.3) is 0 Å². The van der Waals surface area contributed by atoms with Crippen LogP contribution in [-0.4, -0.2) is 21.9 Å². The molecule has 0 fully saturated rings. The van der Waals surface area contributed by atoms with E-state index in [2.05, 4.69) is 0 Å². The van der Waals surface area contributed by atoms with Crippen molar-refractivity contribution in [2.75, 3.05) is 0 Å². The van der Waals surface area contributed by atoms with Gasteiger partial charge >= 0.3 is 5.97 Å². The number of nitrogens with zero attached hydrogens (tertiary/aromatic N) is 1. The lowest BCUT2D eigenvalue weighted by Gasteiger charge is -1.97. The molecule has 0 aliphatic carbocycles. The standard InChI is InChI=1S/C11H9NO3/c1-12-5-8(6-13)9-3-2-7(11(14)15)4-10(9)12/h2-6H,1H3,(H,14,15). The topological polar surface area (TPSA) is 59.3 Å². The summed E-state index contributed by atoms with van der Waals surface area (Å²) in [7, 11) is 1.78. The summed E-state index contributed by atoms with van der Waals surface area (Å²) in [6.45, 7) is 0. The Morgan fingerprint density at radius 3 is 2.80 bits per heavy atom. The van der Waals surface area contributed by atoms with Crippen LogP contribution in [0.5, 0.6) is 0 Å². The maximum atomic E-state index is 10.8. The minimum Gasteiger partial charge on any atom is -0.478 e. The van der Waals surface area contributed by atoms with E-state index in [9.17, 15) is 9.59 Å². The predicted octanol–water partition coefficient (Wildman–Crippen LogP) is 1.69. The van der Waals surface area contributed by atoms with E-state index in [0.717, 1.165) is 17.2 Å². The quantitative estimate of drug-likeness (QED) is 0.755. The lowest BCUT2D eigenvalue weighted by molar-refractivity contribution is 0.0697. The van der Waals surface area contributed by atoms with Crippen LogP contribution < -0.4 is 0 Å². The Kier molecular flexibility index (Phi) is 2.04. The van der Waals surface area contributed by atoms with Crippen LogP contribution in [0.3, 0.4) is 0 Å². The first-order valence-electron chi connectivity index (χ1n) is 4.41.